The second kappa shape index (κ2) is 6.40. The average molecular weight is 245 g/mol. The minimum atomic E-state index is 0.241. The first kappa shape index (κ1) is 12.9. The van der Waals surface area contributed by atoms with Gasteiger partial charge >= 0.3 is 0 Å². The molecule has 0 N–H and O–H groups in total. The third-order valence-corrected chi connectivity index (χ3v) is 3.25. The van der Waals surface area contributed by atoms with Crippen molar-refractivity contribution >= 4 is 23.2 Å². The van der Waals surface area contributed by atoms with Crippen LogP contribution in [0.25, 0.3) is 0 Å². The Labute approximate surface area is 103 Å². The van der Waals surface area contributed by atoms with Crippen molar-refractivity contribution < 1.29 is 0 Å². The van der Waals surface area contributed by atoms with E-state index in [1.165, 1.54) is 5.56 Å². The van der Waals surface area contributed by atoms with Crippen LogP contribution in [0.15, 0.2) is 30.3 Å². The predicted molar refractivity (Wildman–Crippen MR) is 68.9 cm³/mol. The maximum atomic E-state index is 5.84. The molecule has 0 saturated heterocycles. The number of hydrogen-bond donors (Lipinski definition) is 0. The molecule has 0 fully saturated rings. The van der Waals surface area contributed by atoms with Gasteiger partial charge in [-0.2, -0.15) is 0 Å². The van der Waals surface area contributed by atoms with Gasteiger partial charge in [-0.3, -0.25) is 0 Å². The first-order valence-corrected chi connectivity index (χ1v) is 6.43. The number of rotatable bonds is 6. The van der Waals surface area contributed by atoms with Gasteiger partial charge in [0.05, 0.1) is 0 Å². The van der Waals surface area contributed by atoms with Gasteiger partial charge in [0.1, 0.15) is 0 Å². The van der Waals surface area contributed by atoms with E-state index in [1.54, 1.807) is 0 Å². The van der Waals surface area contributed by atoms with Crippen LogP contribution in [0.1, 0.15) is 25.3 Å². The van der Waals surface area contributed by atoms with Gasteiger partial charge in [0, 0.05) is 11.8 Å². The molecule has 0 radical (unpaired) electrons. The van der Waals surface area contributed by atoms with Crippen LogP contribution in [0.4, 0.5) is 0 Å². The van der Waals surface area contributed by atoms with Crippen LogP contribution in [-0.4, -0.2) is 11.8 Å². The highest BCUT2D eigenvalue weighted by atomic mass is 35.5. The lowest BCUT2D eigenvalue weighted by Crippen LogP contribution is -2.21. The van der Waals surface area contributed by atoms with Crippen LogP contribution >= 0.6 is 23.2 Å². The Bertz CT molecular complexity index is 263. The van der Waals surface area contributed by atoms with Gasteiger partial charge in [0.15, 0.2) is 0 Å². The lowest BCUT2D eigenvalue weighted by atomic mass is 9.79. The van der Waals surface area contributed by atoms with Crippen molar-refractivity contribution in [2.75, 3.05) is 11.8 Å². The van der Waals surface area contributed by atoms with Crippen LogP contribution in [0.2, 0.25) is 0 Å². The standard InChI is InChI=1S/C13H18Cl2/c1-13(7-9-14,8-10-15)11-12-5-3-2-4-6-12/h2-6H,7-11H2,1H3. The zero-order chi connectivity index (χ0) is 11.1. The summed E-state index contributed by atoms with van der Waals surface area (Å²) in [6, 6.07) is 10.5. The SMILES string of the molecule is CC(CCCl)(CCCl)Cc1ccccc1. The van der Waals surface area contributed by atoms with E-state index in [9.17, 15) is 0 Å². The Morgan fingerprint density at radius 3 is 2.00 bits per heavy atom. The molecule has 0 aromatic heterocycles. The third-order valence-electron chi connectivity index (χ3n) is 2.87. The molecule has 0 saturated carbocycles. The summed E-state index contributed by atoms with van der Waals surface area (Å²) in [6.45, 7) is 2.27. The fourth-order valence-corrected chi connectivity index (χ4v) is 2.76. The van der Waals surface area contributed by atoms with Crippen molar-refractivity contribution in [2.45, 2.75) is 26.2 Å². The molecule has 1 rings (SSSR count). The van der Waals surface area contributed by atoms with Gasteiger partial charge < -0.3 is 0 Å². The number of benzene rings is 1. The second-order valence-corrected chi connectivity index (χ2v) is 5.11. The Hall–Kier alpha value is -0.200. The summed E-state index contributed by atoms with van der Waals surface area (Å²) in [5.41, 5.74) is 1.61. The highest BCUT2D eigenvalue weighted by Crippen LogP contribution is 2.31. The third kappa shape index (κ3) is 4.44. The summed E-state index contributed by atoms with van der Waals surface area (Å²) in [7, 11) is 0. The van der Waals surface area contributed by atoms with Gasteiger partial charge in [0.2, 0.25) is 0 Å². The Morgan fingerprint density at radius 2 is 1.53 bits per heavy atom. The van der Waals surface area contributed by atoms with Crippen LogP contribution in [0, 0.1) is 5.41 Å². The summed E-state index contributed by atoms with van der Waals surface area (Å²) in [6.07, 6.45) is 3.11. The minimum Gasteiger partial charge on any atom is -0.127 e. The molecule has 0 aliphatic rings. The topological polar surface area (TPSA) is 0 Å². The summed E-state index contributed by atoms with van der Waals surface area (Å²) in [5.74, 6) is 1.42. The van der Waals surface area contributed by atoms with Crippen molar-refractivity contribution in [3.05, 3.63) is 35.9 Å². The molecule has 1 aromatic rings. The normalized spacial score (nSPS) is 11.7. The van der Waals surface area contributed by atoms with Gasteiger partial charge in [-0.1, -0.05) is 37.3 Å². The molecule has 0 atom stereocenters. The molecule has 2 heteroatoms. The van der Waals surface area contributed by atoms with E-state index in [4.69, 9.17) is 23.2 Å². The van der Waals surface area contributed by atoms with Gasteiger partial charge in [-0.15, -0.1) is 23.2 Å². The number of hydrogen-bond acceptors (Lipinski definition) is 0. The van der Waals surface area contributed by atoms with Crippen molar-refractivity contribution in [3.63, 3.8) is 0 Å². The molecule has 0 nitrogen and oxygen atoms in total. The van der Waals surface area contributed by atoms with E-state index in [-0.39, 0.29) is 5.41 Å². The first-order valence-electron chi connectivity index (χ1n) is 5.36. The minimum absolute atomic E-state index is 0.241. The summed E-state index contributed by atoms with van der Waals surface area (Å²) in [5, 5.41) is 0. The molecule has 0 aliphatic carbocycles. The van der Waals surface area contributed by atoms with Gasteiger partial charge in [0.25, 0.3) is 0 Å². The van der Waals surface area contributed by atoms with Gasteiger partial charge in [-0.25, -0.2) is 0 Å². The zero-order valence-corrected chi connectivity index (χ0v) is 10.7. The Balaban J connectivity index is 2.66. The first-order chi connectivity index (χ1) is 7.20. The highest BCUT2D eigenvalue weighted by Gasteiger charge is 2.23. The van der Waals surface area contributed by atoms with Crippen LogP contribution < -0.4 is 0 Å². The average Bonchev–Trinajstić information content (AvgIpc) is 2.19. The molecule has 0 heterocycles. The van der Waals surface area contributed by atoms with E-state index in [0.29, 0.717) is 11.8 Å². The van der Waals surface area contributed by atoms with E-state index in [2.05, 4.69) is 31.2 Å². The van der Waals surface area contributed by atoms with Crippen molar-refractivity contribution in [3.8, 4) is 0 Å². The quantitative estimate of drug-likeness (QED) is 0.647. The summed E-state index contributed by atoms with van der Waals surface area (Å²) in [4.78, 5) is 0. The van der Waals surface area contributed by atoms with Gasteiger partial charge in [-0.05, 0) is 30.2 Å². The zero-order valence-electron chi connectivity index (χ0n) is 9.18. The van der Waals surface area contributed by atoms with Crippen molar-refractivity contribution in [2.24, 2.45) is 5.41 Å². The predicted octanol–water partition coefficient (Wildman–Crippen LogP) is 4.49. The molecular weight excluding hydrogens is 227 g/mol. The summed E-state index contributed by atoms with van der Waals surface area (Å²) < 4.78 is 0. The Kier molecular flexibility index (Phi) is 5.49. The lowest BCUT2D eigenvalue weighted by Gasteiger charge is -2.28. The smallest absolute Gasteiger partial charge is 0.0228 e. The largest absolute Gasteiger partial charge is 0.127 e. The number of alkyl halides is 2. The molecule has 0 unspecified atom stereocenters. The second-order valence-electron chi connectivity index (χ2n) is 4.35. The highest BCUT2D eigenvalue weighted by molar-refractivity contribution is 6.18. The fourth-order valence-electron chi connectivity index (χ4n) is 1.85. The monoisotopic (exact) mass is 244 g/mol. The molecule has 0 spiro atoms. The molecule has 84 valence electrons. The van der Waals surface area contributed by atoms with E-state index < -0.39 is 0 Å². The Morgan fingerprint density at radius 1 is 1.00 bits per heavy atom. The van der Waals surface area contributed by atoms with Crippen molar-refractivity contribution in [1.82, 2.24) is 0 Å². The fraction of sp³-hybridized carbons (Fsp3) is 0.538. The number of halogens is 2. The molecule has 0 aliphatic heterocycles. The van der Waals surface area contributed by atoms with E-state index >= 15 is 0 Å². The van der Waals surface area contributed by atoms with E-state index in [0.717, 1.165) is 19.3 Å². The molecule has 0 bridgehead atoms. The summed E-state index contributed by atoms with van der Waals surface area (Å²) >= 11 is 11.7. The molecule has 0 amide bonds. The van der Waals surface area contributed by atoms with Crippen molar-refractivity contribution in [1.29, 1.82) is 0 Å². The maximum absolute atomic E-state index is 5.84. The van der Waals surface area contributed by atoms with Crippen LogP contribution in [0.3, 0.4) is 0 Å². The molecular formula is C13H18Cl2. The lowest BCUT2D eigenvalue weighted by molar-refractivity contribution is 0.300. The van der Waals surface area contributed by atoms with Crippen LogP contribution in [-0.2, 0) is 6.42 Å². The molecule has 15 heavy (non-hydrogen) atoms. The van der Waals surface area contributed by atoms with E-state index in [1.807, 2.05) is 6.07 Å². The van der Waals surface area contributed by atoms with Crippen LogP contribution in [0.5, 0.6) is 0 Å². The molecule has 1 aromatic carbocycles. The maximum Gasteiger partial charge on any atom is 0.0228 e.